The standard InChI is InChI=1S/C29H42N6O5.C5H10O/c1-3-9-19(21(30)20-10-5-6-13-29(20)39-16-17-40-29)23(36)25-31-24-22(35(4-2)27(37)33-24)26(32-25)38-18-28-11-7-14-34(28)15-8-12-28;1-2-4-6-5-3-1/h20H,3-18,30H2,1-2H3,(H,31,32,33,37);1-5H2/b21-19-;. The largest absolute Gasteiger partial charge is 0.474 e. The van der Waals surface area contributed by atoms with Gasteiger partial charge in [0, 0.05) is 37.4 Å². The molecule has 4 saturated heterocycles. The van der Waals surface area contributed by atoms with Crippen LogP contribution in [0, 0.1) is 5.92 Å². The van der Waals surface area contributed by atoms with Crippen LogP contribution < -0.4 is 16.2 Å². The summed E-state index contributed by atoms with van der Waals surface area (Å²) in [6.45, 7) is 10.0. The van der Waals surface area contributed by atoms with Crippen LogP contribution >= 0.6 is 0 Å². The number of hydrogen-bond donors (Lipinski definition) is 2. The number of nitrogens with one attached hydrogen (secondary N) is 1. The molecule has 1 aliphatic carbocycles. The number of nitrogens with zero attached hydrogens (tertiary/aromatic N) is 4. The van der Waals surface area contributed by atoms with E-state index in [2.05, 4.69) is 19.9 Å². The molecule has 0 amide bonds. The zero-order chi connectivity index (χ0) is 32.1. The zero-order valence-corrected chi connectivity index (χ0v) is 27.7. The Balaban J connectivity index is 0.000000557. The molecule has 2 aromatic rings. The first kappa shape index (κ1) is 33.1. The molecule has 1 spiro atoms. The summed E-state index contributed by atoms with van der Waals surface area (Å²) in [6.07, 6.45) is 13.2. The summed E-state index contributed by atoms with van der Waals surface area (Å²) < 4.78 is 25.3. The Morgan fingerprint density at radius 1 is 0.978 bits per heavy atom. The number of ether oxygens (including phenoxy) is 4. The van der Waals surface area contributed by atoms with Gasteiger partial charge in [0.15, 0.2) is 17.0 Å². The molecule has 0 bridgehead atoms. The normalized spacial score (nSPS) is 24.4. The second-order valence-corrected chi connectivity index (χ2v) is 13.4. The number of H-pyrrole nitrogens is 1. The Kier molecular flexibility index (Phi) is 10.5. The van der Waals surface area contributed by atoms with Gasteiger partial charge in [-0.25, -0.2) is 9.78 Å². The third kappa shape index (κ3) is 6.50. The van der Waals surface area contributed by atoms with Crippen molar-refractivity contribution in [1.29, 1.82) is 0 Å². The number of aromatic nitrogens is 4. The molecule has 12 heteroatoms. The minimum atomic E-state index is -0.766. The molecule has 7 rings (SSSR count). The quantitative estimate of drug-likeness (QED) is 0.297. The van der Waals surface area contributed by atoms with Crippen molar-refractivity contribution in [3.8, 4) is 5.88 Å². The average molecular weight is 641 g/mol. The van der Waals surface area contributed by atoms with Gasteiger partial charge in [-0.15, -0.1) is 0 Å². The molecule has 2 aromatic heterocycles. The minimum Gasteiger partial charge on any atom is -0.474 e. The smallest absolute Gasteiger partial charge is 0.327 e. The number of ketones is 1. The van der Waals surface area contributed by atoms with E-state index in [1.165, 1.54) is 19.3 Å². The van der Waals surface area contributed by atoms with Crippen molar-refractivity contribution < 1.29 is 23.7 Å². The van der Waals surface area contributed by atoms with Crippen molar-refractivity contribution in [2.75, 3.05) is 46.1 Å². The summed E-state index contributed by atoms with van der Waals surface area (Å²) in [7, 11) is 0. The molecule has 3 N–H and O–H groups in total. The van der Waals surface area contributed by atoms with E-state index in [0.29, 0.717) is 55.2 Å². The lowest BCUT2D eigenvalue weighted by Crippen LogP contribution is -2.45. The molecule has 1 unspecified atom stereocenters. The summed E-state index contributed by atoms with van der Waals surface area (Å²) in [5.41, 5.74) is 8.30. The number of carbonyl (C=O) groups is 1. The van der Waals surface area contributed by atoms with Crippen LogP contribution in [-0.4, -0.2) is 87.7 Å². The van der Waals surface area contributed by atoms with Crippen LogP contribution in [0.1, 0.15) is 108 Å². The van der Waals surface area contributed by atoms with Crippen LogP contribution in [-0.2, 0) is 20.8 Å². The summed E-state index contributed by atoms with van der Waals surface area (Å²) in [5.74, 6) is -1.05. The lowest BCUT2D eigenvalue weighted by atomic mass is 9.79. The second-order valence-electron chi connectivity index (χ2n) is 13.4. The fourth-order valence-electron chi connectivity index (χ4n) is 8.20. The van der Waals surface area contributed by atoms with Gasteiger partial charge in [0.05, 0.1) is 24.7 Å². The van der Waals surface area contributed by atoms with Crippen LogP contribution in [0.3, 0.4) is 0 Å². The van der Waals surface area contributed by atoms with Crippen LogP contribution in [0.4, 0.5) is 0 Å². The topological polar surface area (TPSA) is 147 Å². The van der Waals surface area contributed by atoms with Crippen molar-refractivity contribution in [2.24, 2.45) is 11.7 Å². The Labute approximate surface area is 271 Å². The molecule has 4 aliphatic heterocycles. The minimum absolute atomic E-state index is 0.0104. The lowest BCUT2D eigenvalue weighted by molar-refractivity contribution is -0.203. The molecule has 12 nitrogen and oxygen atoms in total. The molecule has 0 aromatic carbocycles. The first-order valence-corrected chi connectivity index (χ1v) is 17.7. The number of aryl methyl sites for hydroxylation is 1. The number of Topliss-reactive ketones (excluding diaryl/α,β-unsaturated/α-hetero) is 1. The number of hydrogen-bond acceptors (Lipinski definition) is 10. The van der Waals surface area contributed by atoms with Crippen molar-refractivity contribution in [3.05, 3.63) is 27.6 Å². The molecule has 1 atom stereocenters. The van der Waals surface area contributed by atoms with E-state index in [1.54, 1.807) is 4.57 Å². The fourth-order valence-corrected chi connectivity index (χ4v) is 8.20. The second kappa shape index (κ2) is 14.5. The number of imidazole rings is 1. The fraction of sp³-hybridized carbons (Fsp3) is 0.765. The van der Waals surface area contributed by atoms with Crippen LogP contribution in [0.2, 0.25) is 0 Å². The predicted octanol–water partition coefficient (Wildman–Crippen LogP) is 4.46. The first-order valence-electron chi connectivity index (χ1n) is 17.7. The molecule has 5 aliphatic rings. The Morgan fingerprint density at radius 2 is 1.72 bits per heavy atom. The maximum atomic E-state index is 14.1. The van der Waals surface area contributed by atoms with E-state index in [1.807, 2.05) is 13.8 Å². The highest BCUT2D eigenvalue weighted by Crippen LogP contribution is 2.44. The van der Waals surface area contributed by atoms with E-state index in [9.17, 15) is 9.59 Å². The Bertz CT molecular complexity index is 1430. The van der Waals surface area contributed by atoms with Gasteiger partial charge in [-0.3, -0.25) is 19.2 Å². The van der Waals surface area contributed by atoms with Gasteiger partial charge in [-0.1, -0.05) is 19.8 Å². The molecule has 46 heavy (non-hydrogen) atoms. The van der Waals surface area contributed by atoms with E-state index in [-0.39, 0.29) is 34.6 Å². The van der Waals surface area contributed by atoms with Crippen molar-refractivity contribution >= 4 is 16.9 Å². The summed E-state index contributed by atoms with van der Waals surface area (Å²) >= 11 is 0. The van der Waals surface area contributed by atoms with Crippen molar-refractivity contribution in [2.45, 2.75) is 115 Å². The number of fused-ring (bicyclic) bond motifs is 2. The van der Waals surface area contributed by atoms with Gasteiger partial charge in [0.2, 0.25) is 17.5 Å². The Morgan fingerprint density at radius 3 is 2.35 bits per heavy atom. The maximum Gasteiger partial charge on any atom is 0.327 e. The average Bonchev–Trinajstić information content (AvgIpc) is 3.87. The van der Waals surface area contributed by atoms with Crippen molar-refractivity contribution in [1.82, 2.24) is 24.4 Å². The summed E-state index contributed by atoms with van der Waals surface area (Å²) in [5, 5.41) is 0. The van der Waals surface area contributed by atoms with Gasteiger partial charge in [-0.2, -0.15) is 4.98 Å². The molecule has 0 radical (unpaired) electrons. The molecular weight excluding hydrogens is 588 g/mol. The first-order chi connectivity index (χ1) is 22.4. The highest BCUT2D eigenvalue weighted by molar-refractivity contribution is 6.07. The highest BCUT2D eigenvalue weighted by Gasteiger charge is 2.48. The third-order valence-electron chi connectivity index (χ3n) is 10.6. The zero-order valence-electron chi connectivity index (χ0n) is 27.7. The number of nitrogens with two attached hydrogens (primary N) is 1. The highest BCUT2D eigenvalue weighted by atomic mass is 16.7. The number of aromatic amines is 1. The van der Waals surface area contributed by atoms with Crippen LogP contribution in [0.25, 0.3) is 11.2 Å². The van der Waals surface area contributed by atoms with Gasteiger partial charge in [-0.05, 0) is 84.2 Å². The third-order valence-corrected chi connectivity index (χ3v) is 10.6. The molecule has 5 fully saturated rings. The maximum absolute atomic E-state index is 14.1. The van der Waals surface area contributed by atoms with E-state index in [4.69, 9.17) is 24.7 Å². The molecule has 6 heterocycles. The number of rotatable bonds is 9. The lowest BCUT2D eigenvalue weighted by Gasteiger charge is -2.40. The molecular formula is C34H52N6O6. The van der Waals surface area contributed by atoms with Gasteiger partial charge in [0.25, 0.3) is 0 Å². The predicted molar refractivity (Wildman–Crippen MR) is 174 cm³/mol. The van der Waals surface area contributed by atoms with E-state index in [0.717, 1.165) is 84.1 Å². The summed E-state index contributed by atoms with van der Waals surface area (Å²) in [6, 6.07) is 0. The van der Waals surface area contributed by atoms with Gasteiger partial charge >= 0.3 is 5.69 Å². The SMILES string of the molecule is C1CCOCC1.CCC/C(C(=O)c1nc(OCC23CCCN2CCC3)c2c(n1)[nH]c(=O)n2CC)=C(/N)C1CCCCC12OCCO2. The van der Waals surface area contributed by atoms with E-state index >= 15 is 0 Å². The van der Waals surface area contributed by atoms with Crippen LogP contribution in [0.5, 0.6) is 5.88 Å². The molecule has 1 saturated carbocycles. The number of carbonyl (C=O) groups excluding carboxylic acids is 1. The van der Waals surface area contributed by atoms with E-state index < -0.39 is 5.79 Å². The molecule has 254 valence electrons. The Hall–Kier alpha value is -2.80. The van der Waals surface area contributed by atoms with Gasteiger partial charge < -0.3 is 24.7 Å². The summed E-state index contributed by atoms with van der Waals surface area (Å²) in [4.78, 5) is 41.4. The van der Waals surface area contributed by atoms with Crippen LogP contribution in [0.15, 0.2) is 16.1 Å². The van der Waals surface area contributed by atoms with Crippen molar-refractivity contribution in [3.63, 3.8) is 0 Å². The number of allylic oxidation sites excluding steroid dienone is 1. The van der Waals surface area contributed by atoms with Gasteiger partial charge in [0.1, 0.15) is 6.61 Å². The monoisotopic (exact) mass is 640 g/mol.